The van der Waals surface area contributed by atoms with E-state index in [9.17, 15) is 30.3 Å². The Morgan fingerprint density at radius 1 is 0.676 bits per heavy atom. The first kappa shape index (κ1) is 24.9. The molecule has 174 valence electrons. The Balaban J connectivity index is 0.000000242. The highest BCUT2D eigenvalue weighted by atomic mass is 16.6. The molecule has 14 nitrogen and oxygen atoms in total. The zero-order valence-electron chi connectivity index (χ0n) is 17.2. The molecule has 0 aromatic heterocycles. The zero-order valence-corrected chi connectivity index (χ0v) is 17.2. The molecular formula is C20H17N7O7. The maximum absolute atomic E-state index is 10.4. The van der Waals surface area contributed by atoms with Gasteiger partial charge in [-0.1, -0.05) is 36.4 Å². The molecule has 34 heavy (non-hydrogen) atoms. The monoisotopic (exact) mass is 467 g/mol. The van der Waals surface area contributed by atoms with Gasteiger partial charge >= 0.3 is 11.4 Å². The number of phenolic OH excluding ortho intramolecular Hbond substituents is 1. The van der Waals surface area contributed by atoms with Gasteiger partial charge in [0.1, 0.15) is 0 Å². The average Bonchev–Trinajstić information content (AvgIpc) is 2.80. The largest absolute Gasteiger partial charge is 0.497 e. The van der Waals surface area contributed by atoms with Crippen LogP contribution in [0.25, 0.3) is 0 Å². The molecule has 3 rings (SSSR count). The number of rotatable bonds is 5. The van der Waals surface area contributed by atoms with Gasteiger partial charge in [0.2, 0.25) is 0 Å². The predicted octanol–water partition coefficient (Wildman–Crippen LogP) is 3.48. The van der Waals surface area contributed by atoms with Crippen LogP contribution < -0.4 is 11.5 Å². The lowest BCUT2D eigenvalue weighted by Crippen LogP contribution is -2.30. The maximum Gasteiger partial charge on any atom is 0.324 e. The first-order chi connectivity index (χ1) is 16.1. The molecule has 0 heterocycles. The van der Waals surface area contributed by atoms with Gasteiger partial charge in [-0.25, -0.2) is 9.98 Å². The Morgan fingerprint density at radius 2 is 1.03 bits per heavy atom. The number of nitro groups is 3. The van der Waals surface area contributed by atoms with Gasteiger partial charge in [0, 0.05) is 0 Å². The third-order valence-electron chi connectivity index (χ3n) is 3.93. The summed E-state index contributed by atoms with van der Waals surface area (Å²) < 4.78 is 0. The van der Waals surface area contributed by atoms with Crippen LogP contribution >= 0.6 is 0 Å². The Morgan fingerprint density at radius 3 is 1.32 bits per heavy atom. The second-order valence-corrected chi connectivity index (χ2v) is 6.27. The van der Waals surface area contributed by atoms with Crippen molar-refractivity contribution in [2.24, 2.45) is 21.5 Å². The molecule has 3 aromatic carbocycles. The standard InChI is InChI=1S/C14H14N4.C6H3N3O7/c15-13(17-11-7-3-1-4-8-11)14(16)18-12-9-5-2-6-10-12;10-6-4(8(13)14)1-3(7(11)12)2-5(6)9(15)16/h1-10H,(H2,15,17)(H2,16,18);1-2,10H. The number of nitrogens with two attached hydrogens (primary N) is 2. The zero-order chi connectivity index (χ0) is 25.3. The summed E-state index contributed by atoms with van der Waals surface area (Å²) in [4.78, 5) is 36.2. The summed E-state index contributed by atoms with van der Waals surface area (Å²) in [5.41, 5.74) is 10.1. The van der Waals surface area contributed by atoms with E-state index < -0.39 is 37.6 Å². The molecule has 0 saturated carbocycles. The summed E-state index contributed by atoms with van der Waals surface area (Å²) in [5.74, 6) is -0.782. The molecule has 0 aliphatic heterocycles. The third kappa shape index (κ3) is 6.81. The SMILES string of the molecule is NC(=Nc1ccccc1)C(N)=Nc1ccccc1.O=[N+]([O-])c1cc([N+](=O)[O-])c(O)c([N+](=O)[O-])c1. The van der Waals surface area contributed by atoms with Gasteiger partial charge in [-0.05, 0) is 24.3 Å². The Labute approximate surface area is 191 Å². The number of aliphatic imine (C=N–C) groups is 2. The Bertz CT molecular complexity index is 1170. The molecule has 0 spiro atoms. The number of aromatic hydroxyl groups is 1. The lowest BCUT2D eigenvalue weighted by molar-refractivity contribution is -0.404. The topological polar surface area (TPSA) is 226 Å². The van der Waals surface area contributed by atoms with Gasteiger partial charge in [0.15, 0.2) is 11.7 Å². The predicted molar refractivity (Wildman–Crippen MR) is 124 cm³/mol. The van der Waals surface area contributed by atoms with Crippen LogP contribution in [0.2, 0.25) is 0 Å². The van der Waals surface area contributed by atoms with E-state index in [-0.39, 0.29) is 11.7 Å². The normalized spacial score (nSPS) is 11.2. The van der Waals surface area contributed by atoms with Gasteiger partial charge in [0.05, 0.1) is 38.3 Å². The van der Waals surface area contributed by atoms with Crippen molar-refractivity contribution in [2.75, 3.05) is 0 Å². The van der Waals surface area contributed by atoms with E-state index in [2.05, 4.69) is 9.98 Å². The van der Waals surface area contributed by atoms with Crippen molar-refractivity contribution in [3.05, 3.63) is 103 Å². The third-order valence-corrected chi connectivity index (χ3v) is 3.93. The van der Waals surface area contributed by atoms with E-state index >= 15 is 0 Å². The molecule has 0 radical (unpaired) electrons. The first-order valence-electron chi connectivity index (χ1n) is 9.19. The smallest absolute Gasteiger partial charge is 0.324 e. The highest BCUT2D eigenvalue weighted by molar-refractivity contribution is 6.40. The minimum atomic E-state index is -1.21. The number of benzene rings is 3. The molecule has 0 unspecified atom stereocenters. The van der Waals surface area contributed by atoms with Gasteiger partial charge in [-0.2, -0.15) is 0 Å². The summed E-state index contributed by atoms with van der Waals surface area (Å²) >= 11 is 0. The molecule has 0 fully saturated rings. The summed E-state index contributed by atoms with van der Waals surface area (Å²) in [5, 5.41) is 40.2. The second-order valence-electron chi connectivity index (χ2n) is 6.27. The lowest BCUT2D eigenvalue weighted by Gasteiger charge is -2.00. The summed E-state index contributed by atoms with van der Waals surface area (Å²) in [7, 11) is 0. The fraction of sp³-hybridized carbons (Fsp3) is 0. The Kier molecular flexibility index (Phi) is 8.25. The molecule has 5 N–H and O–H groups in total. The van der Waals surface area contributed by atoms with Crippen molar-refractivity contribution in [2.45, 2.75) is 0 Å². The fourth-order valence-corrected chi connectivity index (χ4v) is 2.37. The van der Waals surface area contributed by atoms with Crippen LogP contribution in [0.5, 0.6) is 5.75 Å². The minimum Gasteiger partial charge on any atom is -0.497 e. The molecule has 14 heteroatoms. The van der Waals surface area contributed by atoms with Crippen molar-refractivity contribution >= 4 is 40.1 Å². The van der Waals surface area contributed by atoms with E-state index in [1.54, 1.807) is 0 Å². The number of para-hydroxylation sites is 2. The van der Waals surface area contributed by atoms with Crippen molar-refractivity contribution in [1.82, 2.24) is 0 Å². The van der Waals surface area contributed by atoms with Crippen LogP contribution in [-0.2, 0) is 0 Å². The molecule has 0 saturated heterocycles. The van der Waals surface area contributed by atoms with Crippen LogP contribution in [0.1, 0.15) is 0 Å². The van der Waals surface area contributed by atoms with Crippen LogP contribution in [-0.4, -0.2) is 31.5 Å². The molecule has 0 aliphatic rings. The molecule has 0 bridgehead atoms. The Hall–Kier alpha value is -5.40. The summed E-state index contributed by atoms with van der Waals surface area (Å²) in [6.07, 6.45) is 0. The lowest BCUT2D eigenvalue weighted by atomic mass is 10.2. The highest BCUT2D eigenvalue weighted by Gasteiger charge is 2.30. The molecule has 0 amide bonds. The van der Waals surface area contributed by atoms with Gasteiger partial charge in [-0.15, -0.1) is 0 Å². The van der Waals surface area contributed by atoms with Crippen LogP contribution in [0, 0.1) is 30.3 Å². The van der Waals surface area contributed by atoms with Gasteiger partial charge in [-0.3, -0.25) is 30.3 Å². The number of nitrogens with zero attached hydrogens (tertiary/aromatic N) is 5. The number of phenols is 1. The molecule has 3 aromatic rings. The van der Waals surface area contributed by atoms with Crippen molar-refractivity contribution in [3.63, 3.8) is 0 Å². The number of hydrogen-bond acceptors (Lipinski definition) is 9. The summed E-state index contributed by atoms with van der Waals surface area (Å²) in [6.45, 7) is 0. The fourth-order valence-electron chi connectivity index (χ4n) is 2.37. The van der Waals surface area contributed by atoms with E-state index in [4.69, 9.17) is 16.6 Å². The van der Waals surface area contributed by atoms with Gasteiger partial charge < -0.3 is 16.6 Å². The van der Waals surface area contributed by atoms with Crippen LogP contribution in [0.4, 0.5) is 28.4 Å². The van der Waals surface area contributed by atoms with E-state index in [0.717, 1.165) is 11.4 Å². The highest BCUT2D eigenvalue weighted by Crippen LogP contribution is 2.38. The number of non-ortho nitro benzene ring substituents is 1. The second kappa shape index (κ2) is 11.3. The number of nitro benzene ring substituents is 3. The number of amidine groups is 2. The van der Waals surface area contributed by atoms with Crippen LogP contribution in [0.15, 0.2) is 82.8 Å². The van der Waals surface area contributed by atoms with Crippen molar-refractivity contribution in [3.8, 4) is 5.75 Å². The van der Waals surface area contributed by atoms with Gasteiger partial charge in [0.25, 0.3) is 11.4 Å². The van der Waals surface area contributed by atoms with E-state index in [1.807, 2.05) is 60.7 Å². The molecule has 0 atom stereocenters. The summed E-state index contributed by atoms with van der Waals surface area (Å²) in [6, 6.07) is 19.7. The molecular weight excluding hydrogens is 450 g/mol. The minimum absolute atomic E-state index is 0.213. The quantitative estimate of drug-likeness (QED) is 0.215. The average molecular weight is 467 g/mol. The first-order valence-corrected chi connectivity index (χ1v) is 9.19. The van der Waals surface area contributed by atoms with Crippen LogP contribution in [0.3, 0.4) is 0 Å². The van der Waals surface area contributed by atoms with Crippen molar-refractivity contribution in [1.29, 1.82) is 0 Å². The van der Waals surface area contributed by atoms with Crippen molar-refractivity contribution < 1.29 is 19.9 Å². The van der Waals surface area contributed by atoms with E-state index in [0.29, 0.717) is 12.1 Å². The van der Waals surface area contributed by atoms with E-state index in [1.165, 1.54) is 0 Å². The maximum atomic E-state index is 10.4. The molecule has 0 aliphatic carbocycles. The number of hydrogen-bond donors (Lipinski definition) is 3.